The Morgan fingerprint density at radius 3 is 1.02 bits per heavy atom. The Kier molecular flexibility index (Phi) is 31.1. The van der Waals surface area contributed by atoms with Gasteiger partial charge in [0, 0.05) is 0 Å². The third kappa shape index (κ3) is 25.2. The molecular formula is C54H90O2S. The van der Waals surface area contributed by atoms with Gasteiger partial charge >= 0.3 is 0 Å². The predicted octanol–water partition coefficient (Wildman–Crippen LogP) is 17.7. The van der Waals surface area contributed by atoms with Crippen molar-refractivity contribution in [3.8, 4) is 0 Å². The molecule has 0 radical (unpaired) electrons. The van der Waals surface area contributed by atoms with Crippen molar-refractivity contribution in [3.05, 3.63) is 84.0 Å². The summed E-state index contributed by atoms with van der Waals surface area (Å²) < 4.78 is 26.9. The SMILES string of the molecule is CCCCCCC=CC(CCCCCC)CCCCCCc1ccc(S(=O)(=O)c2ccc(CCCCCCC(C=CCCCCCC)CCCCCC)cc2)cc1. The van der Waals surface area contributed by atoms with Gasteiger partial charge in [-0.05, 0) is 124 Å². The molecule has 0 aliphatic rings. The van der Waals surface area contributed by atoms with E-state index in [9.17, 15) is 8.42 Å². The highest BCUT2D eigenvalue weighted by atomic mass is 32.2. The maximum absolute atomic E-state index is 13.5. The molecule has 0 saturated heterocycles. The Balaban J connectivity index is 1.71. The lowest BCUT2D eigenvalue weighted by molar-refractivity contribution is 0.470. The zero-order chi connectivity index (χ0) is 41.1. The van der Waals surface area contributed by atoms with E-state index in [-0.39, 0.29) is 0 Å². The minimum absolute atomic E-state index is 0.400. The summed E-state index contributed by atoms with van der Waals surface area (Å²) in [7, 11) is -3.51. The van der Waals surface area contributed by atoms with Crippen LogP contribution in [0.4, 0.5) is 0 Å². The largest absolute Gasteiger partial charge is 0.219 e. The van der Waals surface area contributed by atoms with Gasteiger partial charge in [-0.1, -0.05) is 205 Å². The molecule has 0 heterocycles. The number of allylic oxidation sites excluding steroid dienone is 4. The summed E-state index contributed by atoms with van der Waals surface area (Å²) in [6.07, 6.45) is 51.5. The van der Waals surface area contributed by atoms with Gasteiger partial charge in [0.25, 0.3) is 0 Å². The van der Waals surface area contributed by atoms with Gasteiger partial charge in [-0.3, -0.25) is 0 Å². The fourth-order valence-electron chi connectivity index (χ4n) is 8.28. The van der Waals surface area contributed by atoms with Gasteiger partial charge in [0.1, 0.15) is 0 Å². The zero-order valence-electron chi connectivity index (χ0n) is 37.9. The van der Waals surface area contributed by atoms with Crippen LogP contribution < -0.4 is 0 Å². The predicted molar refractivity (Wildman–Crippen MR) is 252 cm³/mol. The molecule has 0 N–H and O–H groups in total. The van der Waals surface area contributed by atoms with Crippen LogP contribution in [0.25, 0.3) is 0 Å². The van der Waals surface area contributed by atoms with Crippen LogP contribution in [0.5, 0.6) is 0 Å². The van der Waals surface area contributed by atoms with Gasteiger partial charge in [-0.15, -0.1) is 0 Å². The van der Waals surface area contributed by atoms with Crippen LogP contribution in [0.2, 0.25) is 0 Å². The second-order valence-electron chi connectivity index (χ2n) is 17.5. The average Bonchev–Trinajstić information content (AvgIpc) is 3.22. The monoisotopic (exact) mass is 803 g/mol. The van der Waals surface area contributed by atoms with E-state index in [2.05, 4.69) is 52.0 Å². The Hall–Kier alpha value is -2.13. The molecular weight excluding hydrogens is 713 g/mol. The van der Waals surface area contributed by atoms with Crippen LogP contribution in [-0.4, -0.2) is 8.42 Å². The lowest BCUT2D eigenvalue weighted by Gasteiger charge is -2.13. The van der Waals surface area contributed by atoms with Crippen molar-refractivity contribution in [1.82, 2.24) is 0 Å². The van der Waals surface area contributed by atoms with Crippen LogP contribution >= 0.6 is 0 Å². The minimum Gasteiger partial charge on any atom is -0.219 e. The first kappa shape index (κ1) is 51.0. The molecule has 2 unspecified atom stereocenters. The van der Waals surface area contributed by atoms with E-state index in [1.54, 1.807) is 0 Å². The number of rotatable bonds is 38. The molecule has 0 aromatic heterocycles. The molecule has 0 saturated carbocycles. The van der Waals surface area contributed by atoms with Crippen LogP contribution in [0, 0.1) is 11.8 Å². The topological polar surface area (TPSA) is 34.1 Å². The lowest BCUT2D eigenvalue weighted by atomic mass is 9.93. The van der Waals surface area contributed by atoms with E-state index < -0.39 is 9.84 Å². The van der Waals surface area contributed by atoms with Gasteiger partial charge in [-0.2, -0.15) is 0 Å². The fourth-order valence-corrected chi connectivity index (χ4v) is 9.54. The van der Waals surface area contributed by atoms with Crippen molar-refractivity contribution in [3.63, 3.8) is 0 Å². The highest BCUT2D eigenvalue weighted by Crippen LogP contribution is 2.25. The molecule has 57 heavy (non-hydrogen) atoms. The van der Waals surface area contributed by atoms with E-state index in [1.807, 2.05) is 48.5 Å². The molecule has 2 nitrogen and oxygen atoms in total. The van der Waals surface area contributed by atoms with Crippen LogP contribution in [0.3, 0.4) is 0 Å². The molecule has 0 aliphatic heterocycles. The van der Waals surface area contributed by atoms with Crippen molar-refractivity contribution in [2.24, 2.45) is 11.8 Å². The standard InChI is InChI=1S/C54H90O2S/c1-5-9-13-17-19-27-35-49(33-25-15-11-7-3)37-29-21-23-31-39-51-41-45-53(46-42-51)57(55,56)54-47-43-52(44-48-54)40-32-24-22-30-38-50(34-26-16-12-8-4)36-28-20-18-14-10-6-2/h27-28,35-36,41-50H,5-26,29-34,37-40H2,1-4H3. The Labute approximate surface area is 355 Å². The van der Waals surface area contributed by atoms with Gasteiger partial charge in [-0.25, -0.2) is 8.42 Å². The maximum Gasteiger partial charge on any atom is 0.206 e. The van der Waals surface area contributed by atoms with E-state index in [0.29, 0.717) is 9.79 Å². The number of benzene rings is 2. The van der Waals surface area contributed by atoms with Crippen molar-refractivity contribution in [1.29, 1.82) is 0 Å². The first-order valence-electron chi connectivity index (χ1n) is 24.7. The molecule has 2 aromatic rings. The molecule has 2 rings (SSSR count). The molecule has 2 aromatic carbocycles. The summed E-state index contributed by atoms with van der Waals surface area (Å²) in [5.74, 6) is 1.50. The van der Waals surface area contributed by atoms with Gasteiger partial charge in [0.2, 0.25) is 9.84 Å². The van der Waals surface area contributed by atoms with Gasteiger partial charge in [0.15, 0.2) is 0 Å². The normalized spacial score (nSPS) is 13.3. The molecule has 0 spiro atoms. The lowest BCUT2D eigenvalue weighted by Crippen LogP contribution is -2.02. The maximum atomic E-state index is 13.5. The average molecular weight is 803 g/mol. The van der Waals surface area contributed by atoms with Crippen LogP contribution in [0.1, 0.15) is 231 Å². The van der Waals surface area contributed by atoms with Gasteiger partial charge < -0.3 is 0 Å². The Morgan fingerprint density at radius 1 is 0.386 bits per heavy atom. The second-order valence-corrected chi connectivity index (χ2v) is 19.4. The summed E-state index contributed by atoms with van der Waals surface area (Å²) in [6.45, 7) is 9.16. The fraction of sp³-hybridized carbons (Fsp3) is 0.704. The summed E-state index contributed by atoms with van der Waals surface area (Å²) in [5.41, 5.74) is 2.47. The highest BCUT2D eigenvalue weighted by Gasteiger charge is 2.17. The Morgan fingerprint density at radius 2 is 0.684 bits per heavy atom. The molecule has 0 amide bonds. The van der Waals surface area contributed by atoms with Crippen LogP contribution in [0.15, 0.2) is 82.6 Å². The minimum atomic E-state index is -3.51. The Bertz CT molecular complexity index is 1250. The molecule has 324 valence electrons. The summed E-state index contributed by atoms with van der Waals surface area (Å²) in [5, 5.41) is 0. The zero-order valence-corrected chi connectivity index (χ0v) is 38.8. The first-order valence-corrected chi connectivity index (χ1v) is 26.2. The van der Waals surface area contributed by atoms with Crippen molar-refractivity contribution in [2.75, 3.05) is 0 Å². The number of hydrogen-bond acceptors (Lipinski definition) is 2. The quantitative estimate of drug-likeness (QED) is 0.0501. The molecule has 0 bridgehead atoms. The number of sulfone groups is 1. The van der Waals surface area contributed by atoms with E-state index >= 15 is 0 Å². The second kappa shape index (κ2) is 34.7. The van der Waals surface area contributed by atoms with E-state index in [4.69, 9.17) is 0 Å². The molecule has 0 fully saturated rings. The molecule has 2 atom stereocenters. The first-order chi connectivity index (χ1) is 27.9. The third-order valence-corrected chi connectivity index (χ3v) is 14.0. The van der Waals surface area contributed by atoms with Crippen molar-refractivity contribution < 1.29 is 8.42 Å². The van der Waals surface area contributed by atoms with Crippen molar-refractivity contribution >= 4 is 9.84 Å². The summed E-state index contributed by atoms with van der Waals surface area (Å²) in [6, 6.07) is 15.4. The van der Waals surface area contributed by atoms with Crippen molar-refractivity contribution in [2.45, 2.75) is 243 Å². The van der Waals surface area contributed by atoms with Crippen LogP contribution in [-0.2, 0) is 22.7 Å². The highest BCUT2D eigenvalue weighted by molar-refractivity contribution is 7.91. The summed E-state index contributed by atoms with van der Waals surface area (Å²) >= 11 is 0. The van der Waals surface area contributed by atoms with E-state index in [0.717, 1.165) is 37.5 Å². The molecule has 0 aliphatic carbocycles. The number of hydrogen-bond donors (Lipinski definition) is 0. The summed E-state index contributed by atoms with van der Waals surface area (Å²) in [4.78, 5) is 0.801. The smallest absolute Gasteiger partial charge is 0.206 e. The number of unbranched alkanes of at least 4 members (excludes halogenated alkanes) is 20. The van der Waals surface area contributed by atoms with E-state index in [1.165, 1.54) is 191 Å². The molecule has 3 heteroatoms. The van der Waals surface area contributed by atoms with Gasteiger partial charge in [0.05, 0.1) is 9.79 Å². The number of aryl methyl sites for hydroxylation is 2. The third-order valence-electron chi connectivity index (χ3n) is 12.2.